The molecule has 0 bridgehead atoms. The lowest BCUT2D eigenvalue weighted by Crippen LogP contribution is -2.03. The molecule has 4 nitrogen and oxygen atoms in total. The van der Waals surface area contributed by atoms with Crippen molar-refractivity contribution in [1.29, 1.82) is 0 Å². The average molecular weight is 244 g/mol. The quantitative estimate of drug-likeness (QED) is 0.490. The zero-order chi connectivity index (χ0) is 13.0. The van der Waals surface area contributed by atoms with E-state index in [-0.39, 0.29) is 12.4 Å². The van der Waals surface area contributed by atoms with E-state index in [1.807, 2.05) is 24.3 Å². The van der Waals surface area contributed by atoms with Gasteiger partial charge in [0.25, 0.3) is 0 Å². The van der Waals surface area contributed by atoms with Crippen LogP contribution in [0.25, 0.3) is 0 Å². The number of hydrogen-bond donors (Lipinski definition) is 4. The summed E-state index contributed by atoms with van der Waals surface area (Å²) in [6, 6.07) is 12.7. The maximum Gasteiger partial charge on any atom is 0.121 e. The molecule has 0 aliphatic heterocycles. The average Bonchev–Trinajstić information content (AvgIpc) is 2.39. The summed E-state index contributed by atoms with van der Waals surface area (Å²) < 4.78 is 0. The highest BCUT2D eigenvalue weighted by atomic mass is 16.3. The van der Waals surface area contributed by atoms with Gasteiger partial charge in [0.2, 0.25) is 0 Å². The van der Waals surface area contributed by atoms with Gasteiger partial charge in [-0.1, -0.05) is 18.2 Å². The number of hydrogen-bond acceptors (Lipinski definition) is 4. The number of nitrogen functional groups attached to an aromatic ring is 1. The van der Waals surface area contributed by atoms with Crippen LogP contribution in [0.2, 0.25) is 0 Å². The van der Waals surface area contributed by atoms with Crippen LogP contribution in [0.1, 0.15) is 11.1 Å². The Morgan fingerprint density at radius 2 is 1.83 bits per heavy atom. The number of rotatable bonds is 4. The highest BCUT2D eigenvalue weighted by Crippen LogP contribution is 2.22. The molecule has 0 atom stereocenters. The van der Waals surface area contributed by atoms with Crippen molar-refractivity contribution in [2.24, 2.45) is 0 Å². The van der Waals surface area contributed by atoms with Crippen LogP contribution in [0.15, 0.2) is 42.5 Å². The third-order valence-corrected chi connectivity index (χ3v) is 2.79. The van der Waals surface area contributed by atoms with Gasteiger partial charge in [0.05, 0.1) is 6.61 Å². The first-order valence-corrected chi connectivity index (χ1v) is 5.70. The van der Waals surface area contributed by atoms with Crippen LogP contribution in [-0.4, -0.2) is 10.2 Å². The number of aliphatic hydroxyl groups excluding tert-OH is 1. The van der Waals surface area contributed by atoms with Crippen molar-refractivity contribution in [3.05, 3.63) is 53.6 Å². The lowest BCUT2D eigenvalue weighted by atomic mass is 10.1. The Labute approximate surface area is 106 Å². The summed E-state index contributed by atoms with van der Waals surface area (Å²) in [7, 11) is 0. The summed E-state index contributed by atoms with van der Waals surface area (Å²) in [5.74, 6) is 0.0993. The standard InChI is InChI=1S/C14H16N2O2/c15-13-4-2-1-3-10(13)8-16-12-5-6-14(18)11(7-12)9-17/h1-7,16-18H,8-9,15H2. The molecule has 0 unspecified atom stereocenters. The summed E-state index contributed by atoms with van der Waals surface area (Å²) in [4.78, 5) is 0. The van der Waals surface area contributed by atoms with Gasteiger partial charge in [0.1, 0.15) is 5.75 Å². The van der Waals surface area contributed by atoms with Gasteiger partial charge in [-0.3, -0.25) is 0 Å². The third-order valence-electron chi connectivity index (χ3n) is 2.79. The molecule has 18 heavy (non-hydrogen) atoms. The van der Waals surface area contributed by atoms with E-state index in [0.717, 1.165) is 16.9 Å². The number of nitrogens with two attached hydrogens (primary N) is 1. The molecule has 0 saturated carbocycles. The number of aromatic hydroxyl groups is 1. The van der Waals surface area contributed by atoms with Crippen LogP contribution < -0.4 is 11.1 Å². The lowest BCUT2D eigenvalue weighted by Gasteiger charge is -2.10. The Morgan fingerprint density at radius 3 is 2.56 bits per heavy atom. The minimum Gasteiger partial charge on any atom is -0.508 e. The van der Waals surface area contributed by atoms with E-state index < -0.39 is 0 Å². The molecule has 0 fully saturated rings. The maximum absolute atomic E-state index is 9.46. The largest absolute Gasteiger partial charge is 0.508 e. The highest BCUT2D eigenvalue weighted by Gasteiger charge is 2.02. The molecule has 0 amide bonds. The van der Waals surface area contributed by atoms with Crippen LogP contribution in [0.5, 0.6) is 5.75 Å². The number of para-hydroxylation sites is 1. The Hall–Kier alpha value is -2.20. The van der Waals surface area contributed by atoms with Crippen molar-refractivity contribution >= 4 is 11.4 Å². The van der Waals surface area contributed by atoms with E-state index in [1.165, 1.54) is 0 Å². The van der Waals surface area contributed by atoms with Crippen LogP contribution in [0.4, 0.5) is 11.4 Å². The van der Waals surface area contributed by atoms with E-state index in [9.17, 15) is 5.11 Å². The van der Waals surface area contributed by atoms with Crippen LogP contribution in [-0.2, 0) is 13.2 Å². The fraction of sp³-hybridized carbons (Fsp3) is 0.143. The van der Waals surface area contributed by atoms with E-state index in [0.29, 0.717) is 12.1 Å². The first-order valence-electron chi connectivity index (χ1n) is 5.70. The fourth-order valence-corrected chi connectivity index (χ4v) is 1.71. The molecule has 2 aromatic rings. The van der Waals surface area contributed by atoms with Gasteiger partial charge in [-0.15, -0.1) is 0 Å². The molecule has 0 aliphatic rings. The van der Waals surface area contributed by atoms with E-state index >= 15 is 0 Å². The van der Waals surface area contributed by atoms with Crippen LogP contribution >= 0.6 is 0 Å². The van der Waals surface area contributed by atoms with Gasteiger partial charge in [-0.2, -0.15) is 0 Å². The number of benzene rings is 2. The molecule has 5 N–H and O–H groups in total. The summed E-state index contributed by atoms with van der Waals surface area (Å²) >= 11 is 0. The van der Waals surface area contributed by atoms with Crippen LogP contribution in [0, 0.1) is 0 Å². The van der Waals surface area contributed by atoms with Crippen LogP contribution in [0.3, 0.4) is 0 Å². The first-order chi connectivity index (χ1) is 8.70. The highest BCUT2D eigenvalue weighted by molar-refractivity contribution is 5.53. The number of anilines is 2. The molecular formula is C14H16N2O2. The van der Waals surface area contributed by atoms with Gasteiger partial charge < -0.3 is 21.3 Å². The summed E-state index contributed by atoms with van der Waals surface area (Å²) in [6.45, 7) is 0.414. The maximum atomic E-state index is 9.46. The second kappa shape index (κ2) is 5.42. The second-order valence-electron chi connectivity index (χ2n) is 4.05. The van der Waals surface area contributed by atoms with Gasteiger partial charge in [0.15, 0.2) is 0 Å². The SMILES string of the molecule is Nc1ccccc1CNc1ccc(O)c(CO)c1. The Bertz CT molecular complexity index is 541. The molecule has 0 saturated heterocycles. The van der Waals surface area contributed by atoms with Crippen molar-refractivity contribution < 1.29 is 10.2 Å². The predicted molar refractivity (Wildman–Crippen MR) is 72.2 cm³/mol. The number of aliphatic hydroxyl groups is 1. The van der Waals surface area contributed by atoms with Crippen molar-refractivity contribution in [2.75, 3.05) is 11.1 Å². The zero-order valence-corrected chi connectivity index (χ0v) is 9.93. The molecule has 0 aliphatic carbocycles. The van der Waals surface area contributed by atoms with Crippen molar-refractivity contribution in [1.82, 2.24) is 0 Å². The second-order valence-corrected chi connectivity index (χ2v) is 4.05. The van der Waals surface area contributed by atoms with Gasteiger partial charge >= 0.3 is 0 Å². The normalized spacial score (nSPS) is 10.3. The molecule has 2 rings (SSSR count). The van der Waals surface area contributed by atoms with E-state index in [4.69, 9.17) is 10.8 Å². The fourth-order valence-electron chi connectivity index (χ4n) is 1.71. The minimum absolute atomic E-state index is 0.0993. The van der Waals surface area contributed by atoms with Crippen molar-refractivity contribution in [2.45, 2.75) is 13.2 Å². The topological polar surface area (TPSA) is 78.5 Å². The summed E-state index contributed by atoms with van der Waals surface area (Å²) in [5, 5.41) is 21.7. The smallest absolute Gasteiger partial charge is 0.121 e. The van der Waals surface area contributed by atoms with E-state index in [2.05, 4.69) is 5.32 Å². The lowest BCUT2D eigenvalue weighted by molar-refractivity contribution is 0.275. The Morgan fingerprint density at radius 1 is 1.06 bits per heavy atom. The molecule has 0 heterocycles. The van der Waals surface area contributed by atoms with Gasteiger partial charge in [0, 0.05) is 23.5 Å². The number of nitrogens with one attached hydrogen (secondary N) is 1. The van der Waals surface area contributed by atoms with Crippen molar-refractivity contribution in [3.63, 3.8) is 0 Å². The molecular weight excluding hydrogens is 228 g/mol. The monoisotopic (exact) mass is 244 g/mol. The molecule has 0 spiro atoms. The third kappa shape index (κ3) is 2.73. The first kappa shape index (κ1) is 12.3. The molecule has 4 heteroatoms. The predicted octanol–water partition coefficient (Wildman–Crippen LogP) is 2.08. The summed E-state index contributed by atoms with van der Waals surface area (Å²) in [5.41, 5.74) is 8.93. The number of phenols is 1. The van der Waals surface area contributed by atoms with Gasteiger partial charge in [-0.25, -0.2) is 0 Å². The molecule has 0 aromatic heterocycles. The molecule has 2 aromatic carbocycles. The van der Waals surface area contributed by atoms with Gasteiger partial charge in [-0.05, 0) is 29.8 Å². The molecule has 94 valence electrons. The van der Waals surface area contributed by atoms with Crippen molar-refractivity contribution in [3.8, 4) is 5.75 Å². The minimum atomic E-state index is -0.186. The Kier molecular flexibility index (Phi) is 3.69. The molecule has 0 radical (unpaired) electrons. The Balaban J connectivity index is 2.09. The zero-order valence-electron chi connectivity index (χ0n) is 9.93. The van der Waals surface area contributed by atoms with E-state index in [1.54, 1.807) is 18.2 Å². The summed E-state index contributed by atoms with van der Waals surface area (Å²) in [6.07, 6.45) is 0.